The molecule has 1 aliphatic rings. The van der Waals surface area contributed by atoms with Gasteiger partial charge in [0.15, 0.2) is 0 Å². The summed E-state index contributed by atoms with van der Waals surface area (Å²) < 4.78 is 28.7. The van der Waals surface area contributed by atoms with E-state index in [2.05, 4.69) is 26.0 Å². The molecule has 0 bridgehead atoms. The highest BCUT2D eigenvalue weighted by Crippen LogP contribution is 2.37. The van der Waals surface area contributed by atoms with Crippen LogP contribution in [-0.2, 0) is 27.8 Å². The van der Waals surface area contributed by atoms with Gasteiger partial charge in [-0.1, -0.05) is 0 Å². The second-order valence-electron chi connectivity index (χ2n) is 6.00. The molecular weight excluding hydrogens is 428 g/mol. The number of aromatic nitrogens is 3. The number of carboxylic acid groups (broad SMARTS) is 1. The summed E-state index contributed by atoms with van der Waals surface area (Å²) in [5, 5.41) is 22.6. The Morgan fingerprint density at radius 2 is 2.19 bits per heavy atom. The molecule has 0 aromatic carbocycles. The van der Waals surface area contributed by atoms with E-state index in [1.165, 1.54) is 22.1 Å². The van der Waals surface area contributed by atoms with E-state index in [1.807, 2.05) is 0 Å². The number of sulfonamides is 1. The molecular formula is C15H17BrN4O5S. The Hall–Kier alpha value is -1.98. The number of fused-ring (bicyclic) bond motifs is 1. The predicted octanol–water partition coefficient (Wildman–Crippen LogP) is 1.53. The first-order valence-corrected chi connectivity index (χ1v) is 10.0. The summed E-state index contributed by atoms with van der Waals surface area (Å²) in [7, 11) is -2.38. The largest absolute Gasteiger partial charge is 0.492 e. The van der Waals surface area contributed by atoms with Gasteiger partial charge in [0.25, 0.3) is 0 Å². The summed E-state index contributed by atoms with van der Waals surface area (Å²) in [6.07, 6.45) is 4.62. The maximum Gasteiger partial charge on any atom is 0.325 e. The maximum atomic E-state index is 13.0. The van der Waals surface area contributed by atoms with E-state index in [4.69, 9.17) is 5.11 Å². The molecule has 1 atom stereocenters. The van der Waals surface area contributed by atoms with Crippen molar-refractivity contribution in [2.75, 3.05) is 7.05 Å². The van der Waals surface area contributed by atoms with Crippen LogP contribution >= 0.6 is 15.9 Å². The Bertz CT molecular complexity index is 959. The van der Waals surface area contributed by atoms with Gasteiger partial charge >= 0.3 is 5.97 Å². The van der Waals surface area contributed by atoms with Crippen molar-refractivity contribution in [1.82, 2.24) is 19.1 Å². The lowest BCUT2D eigenvalue weighted by atomic mass is 9.93. The van der Waals surface area contributed by atoms with Gasteiger partial charge in [0.2, 0.25) is 15.9 Å². The SMILES string of the molecule is CN(C1CCCc2c1cnn2CC(=O)O)S(=O)(=O)c1cnc(O)c(Br)c1. The Morgan fingerprint density at radius 1 is 1.46 bits per heavy atom. The van der Waals surface area contributed by atoms with Crippen molar-refractivity contribution in [3.8, 4) is 5.88 Å². The van der Waals surface area contributed by atoms with Crippen molar-refractivity contribution in [1.29, 1.82) is 0 Å². The van der Waals surface area contributed by atoms with Crippen LogP contribution in [0, 0.1) is 0 Å². The Morgan fingerprint density at radius 3 is 2.85 bits per heavy atom. The van der Waals surface area contributed by atoms with Gasteiger partial charge in [0.05, 0.1) is 22.9 Å². The third-order valence-corrected chi connectivity index (χ3v) is 6.84. The van der Waals surface area contributed by atoms with Gasteiger partial charge in [-0.25, -0.2) is 13.4 Å². The van der Waals surface area contributed by atoms with Crippen molar-refractivity contribution in [3.05, 3.63) is 34.2 Å². The molecule has 3 rings (SSSR count). The van der Waals surface area contributed by atoms with Gasteiger partial charge in [-0.15, -0.1) is 0 Å². The van der Waals surface area contributed by atoms with Crippen molar-refractivity contribution in [2.24, 2.45) is 0 Å². The molecule has 26 heavy (non-hydrogen) atoms. The molecule has 11 heteroatoms. The van der Waals surface area contributed by atoms with Crippen molar-refractivity contribution < 1.29 is 23.4 Å². The van der Waals surface area contributed by atoms with Crippen molar-refractivity contribution in [3.63, 3.8) is 0 Å². The van der Waals surface area contributed by atoms with Crippen LogP contribution in [0.4, 0.5) is 0 Å². The minimum atomic E-state index is -3.86. The fourth-order valence-electron chi connectivity index (χ4n) is 3.13. The number of hydrogen-bond acceptors (Lipinski definition) is 6. The maximum absolute atomic E-state index is 13.0. The smallest absolute Gasteiger partial charge is 0.325 e. The molecule has 0 radical (unpaired) electrons. The predicted molar refractivity (Wildman–Crippen MR) is 94.1 cm³/mol. The highest BCUT2D eigenvalue weighted by atomic mass is 79.9. The second kappa shape index (κ2) is 6.97. The first-order valence-electron chi connectivity index (χ1n) is 7.80. The summed E-state index contributed by atoms with van der Waals surface area (Å²) in [6.45, 7) is -0.257. The lowest BCUT2D eigenvalue weighted by Crippen LogP contribution is -2.33. The molecule has 2 N–H and O–H groups in total. The number of rotatable bonds is 5. The zero-order chi connectivity index (χ0) is 19.1. The number of nitrogens with zero attached hydrogens (tertiary/aromatic N) is 4. The van der Waals surface area contributed by atoms with Gasteiger partial charge in [0, 0.05) is 18.3 Å². The summed E-state index contributed by atoms with van der Waals surface area (Å²) in [5.41, 5.74) is 1.46. The van der Waals surface area contributed by atoms with Gasteiger partial charge in [-0.05, 0) is 41.3 Å². The summed E-state index contributed by atoms with van der Waals surface area (Å²) in [6, 6.07) is 0.852. The Balaban J connectivity index is 1.96. The zero-order valence-corrected chi connectivity index (χ0v) is 16.2. The topological polar surface area (TPSA) is 126 Å². The number of hydrogen-bond donors (Lipinski definition) is 2. The van der Waals surface area contributed by atoms with E-state index in [0.29, 0.717) is 12.8 Å². The van der Waals surface area contributed by atoms with E-state index in [-0.39, 0.29) is 21.8 Å². The molecule has 2 aromatic heterocycles. The van der Waals surface area contributed by atoms with Gasteiger partial charge < -0.3 is 10.2 Å². The third-order valence-electron chi connectivity index (χ3n) is 4.43. The third kappa shape index (κ3) is 3.33. The van der Waals surface area contributed by atoms with Gasteiger partial charge in [-0.2, -0.15) is 9.40 Å². The van der Waals surface area contributed by atoms with Crippen LogP contribution in [-0.4, -0.2) is 50.7 Å². The minimum Gasteiger partial charge on any atom is -0.492 e. The Labute approximate surface area is 158 Å². The molecule has 1 aliphatic carbocycles. The number of carbonyl (C=O) groups is 1. The van der Waals surface area contributed by atoms with Gasteiger partial charge in [-0.3, -0.25) is 9.48 Å². The molecule has 0 saturated carbocycles. The minimum absolute atomic E-state index is 0.0465. The molecule has 0 aliphatic heterocycles. The van der Waals surface area contributed by atoms with Crippen LogP contribution in [0.2, 0.25) is 0 Å². The molecule has 1 unspecified atom stereocenters. The molecule has 0 saturated heterocycles. The summed E-state index contributed by atoms with van der Waals surface area (Å²) in [5.74, 6) is -1.29. The molecule has 0 fully saturated rings. The van der Waals surface area contributed by atoms with Crippen LogP contribution in [0.25, 0.3) is 0 Å². The highest BCUT2D eigenvalue weighted by molar-refractivity contribution is 9.10. The van der Waals surface area contributed by atoms with E-state index in [9.17, 15) is 18.3 Å². The van der Waals surface area contributed by atoms with E-state index < -0.39 is 22.0 Å². The molecule has 140 valence electrons. The molecule has 0 spiro atoms. The molecule has 2 aromatic rings. The van der Waals surface area contributed by atoms with Crippen LogP contribution in [0.3, 0.4) is 0 Å². The summed E-state index contributed by atoms with van der Waals surface area (Å²) >= 11 is 3.07. The molecule has 2 heterocycles. The summed E-state index contributed by atoms with van der Waals surface area (Å²) in [4.78, 5) is 14.6. The van der Waals surface area contributed by atoms with E-state index >= 15 is 0 Å². The second-order valence-corrected chi connectivity index (χ2v) is 8.86. The fourth-order valence-corrected chi connectivity index (χ4v) is 4.97. The van der Waals surface area contributed by atoms with Crippen LogP contribution in [0.5, 0.6) is 5.88 Å². The van der Waals surface area contributed by atoms with Crippen molar-refractivity contribution in [2.45, 2.75) is 36.7 Å². The quantitative estimate of drug-likeness (QED) is 0.715. The average Bonchev–Trinajstić information content (AvgIpc) is 2.99. The van der Waals surface area contributed by atoms with Crippen LogP contribution in [0.1, 0.15) is 30.1 Å². The number of aromatic hydroxyl groups is 1. The zero-order valence-electron chi connectivity index (χ0n) is 13.8. The van der Waals surface area contributed by atoms with Crippen LogP contribution < -0.4 is 0 Å². The lowest BCUT2D eigenvalue weighted by Gasteiger charge is -2.30. The highest BCUT2D eigenvalue weighted by Gasteiger charge is 2.34. The molecule has 0 amide bonds. The average molecular weight is 445 g/mol. The lowest BCUT2D eigenvalue weighted by molar-refractivity contribution is -0.137. The standard InChI is InChI=1S/C15H17BrN4O5S/c1-19(26(24,25)9-5-11(16)15(23)17-6-9)12-3-2-4-13-10(12)7-18-20(13)8-14(21)22/h5-7,12H,2-4,8H2,1H3,(H,17,23)(H,21,22). The van der Waals surface area contributed by atoms with E-state index in [0.717, 1.165) is 23.9 Å². The van der Waals surface area contributed by atoms with Crippen molar-refractivity contribution >= 4 is 31.9 Å². The number of pyridine rings is 1. The monoisotopic (exact) mass is 444 g/mol. The van der Waals surface area contributed by atoms with Crippen LogP contribution in [0.15, 0.2) is 27.8 Å². The van der Waals surface area contributed by atoms with Gasteiger partial charge in [0.1, 0.15) is 11.4 Å². The normalized spacial score (nSPS) is 17.3. The first kappa shape index (κ1) is 18.8. The molecule has 9 nitrogen and oxygen atoms in total. The fraction of sp³-hybridized carbons (Fsp3) is 0.400. The Kier molecular flexibility index (Phi) is 5.04. The number of carboxylic acids is 1. The number of aliphatic carboxylic acids is 1. The van der Waals surface area contributed by atoms with E-state index in [1.54, 1.807) is 6.20 Å². The first-order chi connectivity index (χ1) is 12.2. The number of halogens is 1.